The fourth-order valence-electron chi connectivity index (χ4n) is 2.47. The Bertz CT molecular complexity index is 478. The predicted octanol–water partition coefficient (Wildman–Crippen LogP) is 1.28. The Hall–Kier alpha value is -1.63. The number of piperidine rings is 1. The molecule has 0 bridgehead atoms. The van der Waals surface area contributed by atoms with Crippen molar-refractivity contribution in [3.63, 3.8) is 0 Å². The van der Waals surface area contributed by atoms with Crippen molar-refractivity contribution in [1.29, 1.82) is 0 Å². The van der Waals surface area contributed by atoms with Crippen molar-refractivity contribution >= 4 is 6.09 Å². The molecule has 1 aliphatic heterocycles. The summed E-state index contributed by atoms with van der Waals surface area (Å²) in [5.74, 6) is 1.07. The molecule has 1 fully saturated rings. The lowest BCUT2D eigenvalue weighted by atomic mass is 9.90. The van der Waals surface area contributed by atoms with Gasteiger partial charge in [-0.05, 0) is 12.3 Å². The second-order valence-electron chi connectivity index (χ2n) is 6.02. The normalized spacial score (nSPS) is 18.0. The number of hydrogen-bond donors (Lipinski definition) is 1. The third-order valence-corrected chi connectivity index (χ3v) is 3.90. The first-order chi connectivity index (χ1) is 9.92. The zero-order valence-corrected chi connectivity index (χ0v) is 12.9. The molecule has 7 nitrogen and oxygen atoms in total. The number of aryl methyl sites for hydroxylation is 1. The van der Waals surface area contributed by atoms with E-state index in [9.17, 15) is 9.90 Å². The minimum Gasteiger partial charge on any atom is -0.449 e. The van der Waals surface area contributed by atoms with Crippen LogP contribution >= 0.6 is 0 Å². The minimum absolute atomic E-state index is 0.296. The lowest BCUT2D eigenvalue weighted by molar-refractivity contribution is -0.0340. The van der Waals surface area contributed by atoms with Gasteiger partial charge in [-0.3, -0.25) is 4.68 Å². The molecular formula is C14H24N4O3. The van der Waals surface area contributed by atoms with Crippen molar-refractivity contribution in [2.24, 2.45) is 13.0 Å². The predicted molar refractivity (Wildman–Crippen MR) is 76.5 cm³/mol. The van der Waals surface area contributed by atoms with Gasteiger partial charge in [0.1, 0.15) is 11.9 Å². The van der Waals surface area contributed by atoms with E-state index in [1.807, 2.05) is 0 Å². The standard InChI is InChI=1S/C14H24N4O3/c1-11(2)4-9-21-13(19)18-7-5-14(20,6-8-18)12-15-10-16-17(12)3/h10-11,20H,4-9H2,1-3H3. The molecule has 0 spiro atoms. The fourth-order valence-corrected chi connectivity index (χ4v) is 2.47. The summed E-state index contributed by atoms with van der Waals surface area (Å²) in [5.41, 5.74) is -1.01. The SMILES string of the molecule is CC(C)CCOC(=O)N1CCC(O)(c2ncnn2C)CC1. The zero-order chi connectivity index (χ0) is 15.5. The van der Waals surface area contributed by atoms with Crippen LogP contribution in [-0.2, 0) is 17.4 Å². The first-order valence-electron chi connectivity index (χ1n) is 7.41. The molecule has 1 aliphatic rings. The van der Waals surface area contributed by atoms with Crippen LogP contribution in [0.15, 0.2) is 6.33 Å². The van der Waals surface area contributed by atoms with Crippen molar-refractivity contribution in [2.45, 2.75) is 38.7 Å². The summed E-state index contributed by atoms with van der Waals surface area (Å²) in [6, 6.07) is 0. The van der Waals surface area contributed by atoms with Crippen LogP contribution in [-0.4, -0.2) is 50.6 Å². The van der Waals surface area contributed by atoms with Crippen LogP contribution < -0.4 is 0 Å². The molecule has 2 rings (SSSR count). The maximum atomic E-state index is 11.9. The van der Waals surface area contributed by atoms with E-state index in [1.165, 1.54) is 6.33 Å². The van der Waals surface area contributed by atoms with Crippen LogP contribution in [0.1, 0.15) is 38.9 Å². The van der Waals surface area contributed by atoms with Gasteiger partial charge in [-0.25, -0.2) is 9.78 Å². The largest absolute Gasteiger partial charge is 0.449 e. The molecule has 2 heterocycles. The highest BCUT2D eigenvalue weighted by molar-refractivity contribution is 5.67. The van der Waals surface area contributed by atoms with Gasteiger partial charge in [0.2, 0.25) is 0 Å². The van der Waals surface area contributed by atoms with Crippen LogP contribution in [0.4, 0.5) is 4.79 Å². The van der Waals surface area contributed by atoms with Crippen LogP contribution in [0.5, 0.6) is 0 Å². The molecule has 1 saturated heterocycles. The lowest BCUT2D eigenvalue weighted by Crippen LogP contribution is -2.46. The molecule has 21 heavy (non-hydrogen) atoms. The second kappa shape index (κ2) is 6.43. The third-order valence-electron chi connectivity index (χ3n) is 3.90. The highest BCUT2D eigenvalue weighted by Gasteiger charge is 2.39. The second-order valence-corrected chi connectivity index (χ2v) is 6.02. The molecule has 118 valence electrons. The van der Waals surface area contributed by atoms with E-state index in [2.05, 4.69) is 23.9 Å². The van der Waals surface area contributed by atoms with Crippen molar-refractivity contribution in [2.75, 3.05) is 19.7 Å². The van der Waals surface area contributed by atoms with Crippen molar-refractivity contribution in [3.05, 3.63) is 12.2 Å². The molecule has 0 aromatic carbocycles. The Morgan fingerprint density at radius 3 is 2.67 bits per heavy atom. The monoisotopic (exact) mass is 296 g/mol. The number of rotatable bonds is 4. The van der Waals surface area contributed by atoms with E-state index in [-0.39, 0.29) is 6.09 Å². The molecule has 0 radical (unpaired) electrons. The molecular weight excluding hydrogens is 272 g/mol. The minimum atomic E-state index is -1.01. The summed E-state index contributed by atoms with van der Waals surface area (Å²) in [5, 5.41) is 14.6. The molecule has 0 atom stereocenters. The Balaban J connectivity index is 1.85. The lowest BCUT2D eigenvalue weighted by Gasteiger charge is -2.36. The summed E-state index contributed by atoms with van der Waals surface area (Å²) in [6.45, 7) is 5.56. The van der Waals surface area contributed by atoms with Crippen LogP contribution in [0.25, 0.3) is 0 Å². The van der Waals surface area contributed by atoms with E-state index < -0.39 is 5.60 Å². The molecule has 1 aromatic rings. The number of nitrogens with zero attached hydrogens (tertiary/aromatic N) is 4. The summed E-state index contributed by atoms with van der Waals surface area (Å²) in [7, 11) is 1.76. The summed E-state index contributed by atoms with van der Waals surface area (Å²) < 4.78 is 6.83. The van der Waals surface area contributed by atoms with E-state index in [0.29, 0.717) is 44.3 Å². The first-order valence-corrected chi connectivity index (χ1v) is 7.41. The van der Waals surface area contributed by atoms with Crippen LogP contribution in [0.3, 0.4) is 0 Å². The topological polar surface area (TPSA) is 80.5 Å². The van der Waals surface area contributed by atoms with E-state index >= 15 is 0 Å². The Morgan fingerprint density at radius 2 is 2.14 bits per heavy atom. The van der Waals surface area contributed by atoms with Crippen molar-refractivity contribution in [1.82, 2.24) is 19.7 Å². The summed E-state index contributed by atoms with van der Waals surface area (Å²) in [4.78, 5) is 17.7. The molecule has 0 aliphatic carbocycles. The van der Waals surface area contributed by atoms with Crippen molar-refractivity contribution in [3.8, 4) is 0 Å². The van der Waals surface area contributed by atoms with Gasteiger partial charge in [0.15, 0.2) is 5.82 Å². The summed E-state index contributed by atoms with van der Waals surface area (Å²) in [6.07, 6.45) is 2.88. The Labute approximate surface area is 124 Å². The van der Waals surface area contributed by atoms with E-state index in [0.717, 1.165) is 6.42 Å². The number of amides is 1. The Morgan fingerprint density at radius 1 is 1.48 bits per heavy atom. The van der Waals surface area contributed by atoms with Gasteiger partial charge in [-0.2, -0.15) is 5.10 Å². The number of aromatic nitrogens is 3. The van der Waals surface area contributed by atoms with Gasteiger partial charge in [-0.15, -0.1) is 0 Å². The molecule has 0 unspecified atom stereocenters. The third kappa shape index (κ3) is 3.72. The van der Waals surface area contributed by atoms with Crippen LogP contribution in [0, 0.1) is 5.92 Å². The number of hydrogen-bond acceptors (Lipinski definition) is 5. The van der Waals surface area contributed by atoms with Gasteiger partial charge in [0.05, 0.1) is 6.61 Å². The first kappa shape index (κ1) is 15.8. The molecule has 1 aromatic heterocycles. The molecule has 7 heteroatoms. The average molecular weight is 296 g/mol. The maximum absolute atomic E-state index is 11.9. The Kier molecular flexibility index (Phi) is 4.82. The fraction of sp³-hybridized carbons (Fsp3) is 0.786. The average Bonchev–Trinajstić information content (AvgIpc) is 2.86. The van der Waals surface area contributed by atoms with Crippen LogP contribution in [0.2, 0.25) is 0 Å². The van der Waals surface area contributed by atoms with Gasteiger partial charge in [-0.1, -0.05) is 13.8 Å². The number of ether oxygens (including phenoxy) is 1. The smallest absolute Gasteiger partial charge is 0.409 e. The number of carbonyl (C=O) groups excluding carboxylic acids is 1. The van der Waals surface area contributed by atoms with Gasteiger partial charge in [0.25, 0.3) is 0 Å². The highest BCUT2D eigenvalue weighted by atomic mass is 16.6. The zero-order valence-electron chi connectivity index (χ0n) is 12.9. The quantitative estimate of drug-likeness (QED) is 0.905. The molecule has 0 saturated carbocycles. The van der Waals surface area contributed by atoms with Gasteiger partial charge >= 0.3 is 6.09 Å². The number of carbonyl (C=O) groups is 1. The summed E-state index contributed by atoms with van der Waals surface area (Å²) >= 11 is 0. The van der Waals surface area contributed by atoms with Gasteiger partial charge < -0.3 is 14.7 Å². The number of aliphatic hydroxyl groups is 1. The number of likely N-dealkylation sites (tertiary alicyclic amines) is 1. The highest BCUT2D eigenvalue weighted by Crippen LogP contribution is 2.31. The maximum Gasteiger partial charge on any atom is 0.409 e. The van der Waals surface area contributed by atoms with E-state index in [4.69, 9.17) is 4.74 Å². The van der Waals surface area contributed by atoms with Crippen molar-refractivity contribution < 1.29 is 14.6 Å². The van der Waals surface area contributed by atoms with E-state index in [1.54, 1.807) is 16.6 Å². The van der Waals surface area contributed by atoms with Gasteiger partial charge in [0, 0.05) is 33.0 Å². The molecule has 1 N–H and O–H groups in total. The molecule has 1 amide bonds.